The third-order valence-electron chi connectivity index (χ3n) is 4.65. The van der Waals surface area contributed by atoms with Crippen molar-refractivity contribution in [3.8, 4) is 5.75 Å². The van der Waals surface area contributed by atoms with Gasteiger partial charge >= 0.3 is 12.5 Å². The molecule has 1 aromatic carbocycles. The number of carbonyl (C=O) groups excluding carboxylic acids is 2. The maximum absolute atomic E-state index is 12.7. The SMILES string of the molecule is C[C@H]1CN(C(=O)OC(C)(C)C)Cc2cc(C(=O)Nc3cncc(OC(F)(F)F)c3)ccc21.[HH]. The Kier molecular flexibility index (Phi) is 6.34. The lowest BCUT2D eigenvalue weighted by atomic mass is 9.90. The summed E-state index contributed by atoms with van der Waals surface area (Å²) < 4.78 is 46.5. The van der Waals surface area contributed by atoms with E-state index in [-0.39, 0.29) is 19.6 Å². The quantitative estimate of drug-likeness (QED) is 0.679. The molecule has 2 aromatic rings. The van der Waals surface area contributed by atoms with Gasteiger partial charge in [0.05, 0.1) is 18.1 Å². The predicted octanol–water partition coefficient (Wildman–Crippen LogP) is 5.33. The van der Waals surface area contributed by atoms with Gasteiger partial charge in [-0.25, -0.2) is 4.79 Å². The maximum Gasteiger partial charge on any atom is 0.573 e. The van der Waals surface area contributed by atoms with Crippen molar-refractivity contribution in [3.05, 3.63) is 53.3 Å². The summed E-state index contributed by atoms with van der Waals surface area (Å²) in [5.74, 6) is -1.02. The van der Waals surface area contributed by atoms with Crippen LogP contribution in [-0.2, 0) is 11.3 Å². The number of rotatable bonds is 3. The second kappa shape index (κ2) is 8.68. The summed E-state index contributed by atoms with van der Waals surface area (Å²) in [6, 6.07) is 6.16. The number of fused-ring (bicyclic) bond motifs is 1. The lowest BCUT2D eigenvalue weighted by Crippen LogP contribution is -2.41. The number of aromatic nitrogens is 1. The Morgan fingerprint density at radius 3 is 2.56 bits per heavy atom. The van der Waals surface area contributed by atoms with E-state index in [1.807, 2.05) is 13.0 Å². The molecule has 0 fully saturated rings. The molecule has 1 atom stereocenters. The molecule has 0 radical (unpaired) electrons. The molecule has 3 rings (SSSR count). The Balaban J connectivity index is 0.00000385. The Labute approximate surface area is 185 Å². The van der Waals surface area contributed by atoms with Crippen molar-refractivity contribution in [3.63, 3.8) is 0 Å². The van der Waals surface area contributed by atoms with Crippen LogP contribution in [0, 0.1) is 0 Å². The Morgan fingerprint density at radius 1 is 1.19 bits per heavy atom. The van der Waals surface area contributed by atoms with Crippen molar-refractivity contribution in [1.82, 2.24) is 9.88 Å². The zero-order valence-electron chi connectivity index (χ0n) is 18.1. The second-order valence-electron chi connectivity index (χ2n) is 8.59. The van der Waals surface area contributed by atoms with Crippen LogP contribution in [0.5, 0.6) is 5.75 Å². The number of amides is 2. The molecule has 1 aromatic heterocycles. The molecule has 0 saturated heterocycles. The second-order valence-corrected chi connectivity index (χ2v) is 8.59. The van der Waals surface area contributed by atoms with Crippen LogP contribution in [-0.4, -0.2) is 40.4 Å². The van der Waals surface area contributed by atoms with Crippen molar-refractivity contribution in [2.45, 2.75) is 52.1 Å². The fourth-order valence-electron chi connectivity index (χ4n) is 3.41. The van der Waals surface area contributed by atoms with Gasteiger partial charge in [-0.15, -0.1) is 13.2 Å². The first kappa shape index (κ1) is 23.4. The number of halogens is 3. The van der Waals surface area contributed by atoms with E-state index in [1.54, 1.807) is 37.8 Å². The summed E-state index contributed by atoms with van der Waals surface area (Å²) >= 11 is 0. The van der Waals surface area contributed by atoms with E-state index in [1.165, 1.54) is 6.20 Å². The van der Waals surface area contributed by atoms with Crippen molar-refractivity contribution in [1.29, 1.82) is 0 Å². The standard InChI is InChI=1S/C22H24F3N3O4.H2/c1-13-11-28(20(30)32-21(2,3)4)12-15-7-14(5-6-18(13)15)19(29)27-16-8-17(10-26-9-16)31-22(23,24)25;/h5-10,13H,11-12H2,1-4H3,(H,27,29);1H/t13-;/m0./s1. The van der Waals surface area contributed by atoms with Gasteiger partial charge in [-0.1, -0.05) is 13.0 Å². The van der Waals surface area contributed by atoms with Gasteiger partial charge in [0.15, 0.2) is 0 Å². The molecule has 0 spiro atoms. The van der Waals surface area contributed by atoms with Gasteiger partial charge in [0.1, 0.15) is 11.4 Å². The van der Waals surface area contributed by atoms with Crippen LogP contribution < -0.4 is 10.1 Å². The minimum atomic E-state index is -4.86. The van der Waals surface area contributed by atoms with E-state index < -0.39 is 29.7 Å². The van der Waals surface area contributed by atoms with E-state index in [0.29, 0.717) is 12.1 Å². The monoisotopic (exact) mass is 453 g/mol. The molecule has 0 aliphatic carbocycles. The molecule has 0 bridgehead atoms. The lowest BCUT2D eigenvalue weighted by Gasteiger charge is -2.34. The Morgan fingerprint density at radius 2 is 1.91 bits per heavy atom. The number of ether oxygens (including phenoxy) is 2. The zero-order chi connectivity index (χ0) is 23.7. The summed E-state index contributed by atoms with van der Waals surface area (Å²) in [6.45, 7) is 8.12. The highest BCUT2D eigenvalue weighted by Crippen LogP contribution is 2.30. The Bertz CT molecular complexity index is 1020. The first-order valence-electron chi connectivity index (χ1n) is 9.93. The fourth-order valence-corrected chi connectivity index (χ4v) is 3.41. The highest BCUT2D eigenvalue weighted by atomic mass is 19.4. The summed E-state index contributed by atoms with van der Waals surface area (Å²) in [5.41, 5.74) is 1.54. The van der Waals surface area contributed by atoms with Crippen LogP contribution in [0.25, 0.3) is 0 Å². The molecular weight excluding hydrogens is 427 g/mol. The minimum Gasteiger partial charge on any atom is -0.444 e. The summed E-state index contributed by atoms with van der Waals surface area (Å²) in [4.78, 5) is 30.4. The van der Waals surface area contributed by atoms with Crippen LogP contribution in [0.15, 0.2) is 36.7 Å². The van der Waals surface area contributed by atoms with Crippen LogP contribution in [0.4, 0.5) is 23.7 Å². The van der Waals surface area contributed by atoms with E-state index in [4.69, 9.17) is 4.74 Å². The van der Waals surface area contributed by atoms with Gasteiger partial charge in [0.2, 0.25) is 0 Å². The minimum absolute atomic E-state index is 0. The smallest absolute Gasteiger partial charge is 0.444 e. The fraction of sp³-hybridized carbons (Fsp3) is 0.409. The first-order chi connectivity index (χ1) is 14.8. The number of benzene rings is 1. The van der Waals surface area contributed by atoms with Crippen LogP contribution >= 0.6 is 0 Å². The zero-order valence-corrected chi connectivity index (χ0v) is 18.1. The predicted molar refractivity (Wildman–Crippen MR) is 112 cm³/mol. The van der Waals surface area contributed by atoms with Gasteiger partial charge < -0.3 is 19.7 Å². The van der Waals surface area contributed by atoms with Crippen molar-refractivity contribution in [2.75, 3.05) is 11.9 Å². The van der Waals surface area contributed by atoms with Crippen LogP contribution in [0.1, 0.15) is 56.5 Å². The molecule has 0 unspecified atom stereocenters. The van der Waals surface area contributed by atoms with Crippen molar-refractivity contribution < 1.29 is 33.7 Å². The summed E-state index contributed by atoms with van der Waals surface area (Å²) in [7, 11) is 0. The van der Waals surface area contributed by atoms with E-state index >= 15 is 0 Å². The molecule has 1 N–H and O–H groups in total. The molecule has 7 nitrogen and oxygen atoms in total. The highest BCUT2D eigenvalue weighted by molar-refractivity contribution is 6.04. The number of anilines is 1. The molecule has 2 amide bonds. The average Bonchev–Trinajstić information content (AvgIpc) is 2.65. The Hall–Kier alpha value is -3.30. The number of alkyl halides is 3. The molecule has 174 valence electrons. The first-order valence-corrected chi connectivity index (χ1v) is 9.93. The summed E-state index contributed by atoms with van der Waals surface area (Å²) in [6.07, 6.45) is -3.18. The molecule has 1 aliphatic heterocycles. The number of hydrogen-bond acceptors (Lipinski definition) is 5. The number of hydrogen-bond donors (Lipinski definition) is 1. The molecule has 0 saturated carbocycles. The van der Waals surface area contributed by atoms with E-state index in [9.17, 15) is 22.8 Å². The molecule has 10 heteroatoms. The average molecular weight is 453 g/mol. The van der Waals surface area contributed by atoms with Crippen LogP contribution in [0.3, 0.4) is 0 Å². The van der Waals surface area contributed by atoms with Gasteiger partial charge in [0.25, 0.3) is 5.91 Å². The van der Waals surface area contributed by atoms with E-state index in [0.717, 1.165) is 23.4 Å². The van der Waals surface area contributed by atoms with Crippen LogP contribution in [0.2, 0.25) is 0 Å². The molecule has 2 heterocycles. The largest absolute Gasteiger partial charge is 0.573 e. The molecular formula is C22H26F3N3O4. The van der Waals surface area contributed by atoms with Crippen molar-refractivity contribution >= 4 is 17.7 Å². The maximum atomic E-state index is 12.7. The van der Waals surface area contributed by atoms with Gasteiger partial charge in [0, 0.05) is 26.1 Å². The van der Waals surface area contributed by atoms with E-state index in [2.05, 4.69) is 15.0 Å². The highest BCUT2D eigenvalue weighted by Gasteiger charge is 2.32. The molecule has 32 heavy (non-hydrogen) atoms. The van der Waals surface area contributed by atoms with Crippen molar-refractivity contribution in [2.24, 2.45) is 0 Å². The van der Waals surface area contributed by atoms with Gasteiger partial charge in [-0.2, -0.15) is 0 Å². The number of nitrogens with zero attached hydrogens (tertiary/aromatic N) is 2. The third kappa shape index (κ3) is 6.12. The number of carbonyl (C=O) groups is 2. The third-order valence-corrected chi connectivity index (χ3v) is 4.65. The van der Waals surface area contributed by atoms with Gasteiger partial charge in [-0.3, -0.25) is 9.78 Å². The lowest BCUT2D eigenvalue weighted by molar-refractivity contribution is -0.274. The molecule has 1 aliphatic rings. The van der Waals surface area contributed by atoms with Gasteiger partial charge in [-0.05, 0) is 49.9 Å². The summed E-state index contributed by atoms with van der Waals surface area (Å²) in [5, 5.41) is 2.51. The number of nitrogens with one attached hydrogen (secondary N) is 1. The normalized spacial score (nSPS) is 16.2. The topological polar surface area (TPSA) is 80.8 Å². The number of pyridine rings is 1.